The van der Waals surface area contributed by atoms with E-state index in [-0.39, 0.29) is 0 Å². The van der Waals surface area contributed by atoms with E-state index in [2.05, 4.69) is 43.5 Å². The van der Waals surface area contributed by atoms with Crippen LogP contribution in [0.15, 0.2) is 12.1 Å². The van der Waals surface area contributed by atoms with E-state index in [0.29, 0.717) is 0 Å². The largest absolute Gasteiger partial charge is 0.166 e. The zero-order chi connectivity index (χ0) is 13.3. The summed E-state index contributed by atoms with van der Waals surface area (Å²) in [6.45, 7) is 0. The molecule has 4 aromatic rings. The molecule has 0 saturated heterocycles. The molecule has 0 saturated carbocycles. The van der Waals surface area contributed by atoms with Crippen LogP contribution in [0.2, 0.25) is 0 Å². The molecule has 3 heterocycles. The van der Waals surface area contributed by atoms with Crippen LogP contribution < -0.4 is 19.1 Å². The maximum Gasteiger partial charge on any atom is 0.153 e. The van der Waals surface area contributed by atoms with Gasteiger partial charge in [0.25, 0.3) is 0 Å². The highest BCUT2D eigenvalue weighted by Crippen LogP contribution is 2.38. The third-order valence-electron chi connectivity index (χ3n) is 3.72. The van der Waals surface area contributed by atoms with E-state index < -0.39 is 0 Å². The molecule has 7 heteroatoms. The predicted molar refractivity (Wildman–Crippen MR) is 105 cm³/mol. The minimum absolute atomic E-state index is 1.41. The van der Waals surface area contributed by atoms with Gasteiger partial charge in [0.15, 0.2) is 31.4 Å². The van der Waals surface area contributed by atoms with Crippen LogP contribution in [0.4, 0.5) is 0 Å². The summed E-state index contributed by atoms with van der Waals surface area (Å²) in [7, 11) is 8.96. The Bertz CT molecular complexity index is 884. The van der Waals surface area contributed by atoms with Crippen LogP contribution >= 0.6 is 34.0 Å². The Kier molecular flexibility index (Phi) is 2.51. The molecule has 1 aromatic carbocycles. The number of fused-ring (bicyclic) bond motifs is 6. The molecule has 0 N–H and O–H groups in total. The Morgan fingerprint density at radius 1 is 0.632 bits per heavy atom. The maximum atomic E-state index is 2.37. The van der Waals surface area contributed by atoms with Crippen molar-refractivity contribution in [3.8, 4) is 0 Å². The summed E-state index contributed by atoms with van der Waals surface area (Å²) in [6, 6.07) is 4.74. The van der Waals surface area contributed by atoms with E-state index in [1.807, 2.05) is 34.0 Å². The maximum absolute atomic E-state index is 2.37. The van der Waals surface area contributed by atoms with E-state index >= 15 is 0 Å². The van der Waals surface area contributed by atoms with Gasteiger partial charge in [-0.2, -0.15) is 11.3 Å². The summed E-state index contributed by atoms with van der Waals surface area (Å²) < 4.78 is 8.72. The second kappa shape index (κ2) is 3.94. The number of thiophene rings is 3. The zero-order valence-electron chi connectivity index (χ0n) is 11.4. The molecule has 0 radical (unpaired) electrons. The van der Waals surface area contributed by atoms with Crippen molar-refractivity contribution in [2.24, 2.45) is 0 Å². The molecule has 4 rings (SSSR count). The van der Waals surface area contributed by atoms with E-state index in [1.54, 1.807) is 0 Å². The highest BCUT2D eigenvalue weighted by Gasteiger charge is 2.17. The normalized spacial score (nSPS) is 12.0. The first kappa shape index (κ1) is 12.1. The first-order valence-corrected chi connectivity index (χ1v) is 8.83. The standard InChI is InChI=1S/C12H10B4S3/c13-5-1-3-7-8(12(16)19-11(7)15)4-2-6(14)18-10(4)9(3)17-5/h1-2H,13-16H2. The van der Waals surface area contributed by atoms with Crippen LogP contribution in [0.5, 0.6) is 0 Å². The van der Waals surface area contributed by atoms with Crippen LogP contribution in [-0.2, 0) is 0 Å². The molecule has 3 aromatic heterocycles. The van der Waals surface area contributed by atoms with Gasteiger partial charge in [-0.15, -0.1) is 22.7 Å². The van der Waals surface area contributed by atoms with E-state index in [0.717, 1.165) is 0 Å². The molecule has 0 aliphatic carbocycles. The lowest BCUT2D eigenvalue weighted by Crippen LogP contribution is -1.95. The van der Waals surface area contributed by atoms with Crippen LogP contribution in [0.3, 0.4) is 0 Å². The topological polar surface area (TPSA) is 0 Å². The van der Waals surface area contributed by atoms with Crippen LogP contribution in [-0.4, -0.2) is 31.4 Å². The first-order chi connectivity index (χ1) is 9.06. The highest BCUT2D eigenvalue weighted by atomic mass is 32.1. The second-order valence-electron chi connectivity index (χ2n) is 5.16. The van der Waals surface area contributed by atoms with Crippen molar-refractivity contribution in [1.82, 2.24) is 0 Å². The molecule has 19 heavy (non-hydrogen) atoms. The van der Waals surface area contributed by atoms with Crippen LogP contribution in [0.1, 0.15) is 0 Å². The number of rotatable bonds is 0. The van der Waals surface area contributed by atoms with Crippen molar-refractivity contribution in [1.29, 1.82) is 0 Å². The van der Waals surface area contributed by atoms with Gasteiger partial charge in [0, 0.05) is 10.8 Å². The van der Waals surface area contributed by atoms with Gasteiger partial charge in [-0.05, 0) is 42.0 Å². The average Bonchev–Trinajstić information content (AvgIpc) is 2.94. The van der Waals surface area contributed by atoms with Gasteiger partial charge in [0.05, 0.1) is 9.40 Å². The number of hydrogen-bond acceptors (Lipinski definition) is 3. The Morgan fingerprint density at radius 3 is 1.47 bits per heavy atom. The Morgan fingerprint density at radius 2 is 1.05 bits per heavy atom. The number of benzene rings is 1. The summed E-state index contributed by atoms with van der Waals surface area (Å²) >= 11 is 5.83. The van der Waals surface area contributed by atoms with E-state index in [4.69, 9.17) is 0 Å². The minimum atomic E-state index is 1.41. The molecule has 88 valence electrons. The fourth-order valence-electron chi connectivity index (χ4n) is 3.07. The molecule has 0 spiro atoms. The van der Waals surface area contributed by atoms with E-state index in [9.17, 15) is 0 Å². The molecule has 0 bridgehead atoms. The molecule has 0 atom stereocenters. The Labute approximate surface area is 127 Å². The molecular formula is C12H10B4S3. The monoisotopic (exact) mass is 294 g/mol. The summed E-state index contributed by atoms with van der Waals surface area (Å²) in [6.07, 6.45) is 0. The summed E-state index contributed by atoms with van der Waals surface area (Å²) in [5, 5.41) is 5.92. The van der Waals surface area contributed by atoms with Crippen molar-refractivity contribution < 1.29 is 0 Å². The summed E-state index contributed by atoms with van der Waals surface area (Å²) in [5.41, 5.74) is 0. The van der Waals surface area contributed by atoms with E-state index in [1.165, 1.54) is 50.1 Å². The molecule has 0 amide bonds. The van der Waals surface area contributed by atoms with Crippen molar-refractivity contribution in [2.75, 3.05) is 0 Å². The molecule has 0 aliphatic heterocycles. The molecule has 0 fully saturated rings. The van der Waals surface area contributed by atoms with Crippen molar-refractivity contribution in [2.45, 2.75) is 0 Å². The third-order valence-corrected chi connectivity index (χ3v) is 7.00. The van der Waals surface area contributed by atoms with Crippen LogP contribution in [0, 0.1) is 0 Å². The highest BCUT2D eigenvalue weighted by molar-refractivity contribution is 7.34. The minimum Gasteiger partial charge on any atom is -0.166 e. The van der Waals surface area contributed by atoms with Crippen molar-refractivity contribution in [3.05, 3.63) is 12.1 Å². The van der Waals surface area contributed by atoms with Crippen molar-refractivity contribution in [3.63, 3.8) is 0 Å². The summed E-state index contributed by atoms with van der Waals surface area (Å²) in [5.74, 6) is 0. The average molecular weight is 294 g/mol. The lowest BCUT2D eigenvalue weighted by molar-refractivity contribution is 2.20. The molecular weight excluding hydrogens is 284 g/mol. The Hall–Kier alpha value is -0.640. The lowest BCUT2D eigenvalue weighted by atomic mass is 9.91. The smallest absolute Gasteiger partial charge is 0.153 e. The fourth-order valence-corrected chi connectivity index (χ4v) is 6.35. The zero-order valence-corrected chi connectivity index (χ0v) is 13.8. The molecule has 0 unspecified atom stereocenters. The third kappa shape index (κ3) is 1.55. The molecule has 0 aliphatic rings. The Balaban J connectivity index is 2.47. The van der Waals surface area contributed by atoms with Gasteiger partial charge < -0.3 is 0 Å². The van der Waals surface area contributed by atoms with Gasteiger partial charge in [-0.3, -0.25) is 0 Å². The van der Waals surface area contributed by atoms with Crippen LogP contribution in [0.25, 0.3) is 30.9 Å². The quantitative estimate of drug-likeness (QED) is 0.341. The SMILES string of the molecule is Bc1cc2c(s1)c1sc(B)cc1c1c(B)sc(B)c21. The van der Waals surface area contributed by atoms with Gasteiger partial charge in [-0.1, -0.05) is 0 Å². The molecule has 0 nitrogen and oxygen atoms in total. The lowest BCUT2D eigenvalue weighted by Gasteiger charge is -2.00. The van der Waals surface area contributed by atoms with Crippen molar-refractivity contribution >= 4 is 115 Å². The summed E-state index contributed by atoms with van der Waals surface area (Å²) in [4.78, 5) is 0. The van der Waals surface area contributed by atoms with Gasteiger partial charge in [-0.25, -0.2) is 0 Å². The van der Waals surface area contributed by atoms with Gasteiger partial charge in [0.1, 0.15) is 0 Å². The fraction of sp³-hybridized carbons (Fsp3) is 0. The van der Waals surface area contributed by atoms with Gasteiger partial charge >= 0.3 is 0 Å². The first-order valence-electron chi connectivity index (χ1n) is 6.38. The predicted octanol–water partition coefficient (Wildman–Crippen LogP) is -1.64. The number of hydrogen-bond donors (Lipinski definition) is 0. The van der Waals surface area contributed by atoms with Gasteiger partial charge in [0.2, 0.25) is 0 Å². The second-order valence-corrected chi connectivity index (χ2v) is 9.11.